The van der Waals surface area contributed by atoms with Gasteiger partial charge < -0.3 is 11.1 Å². The summed E-state index contributed by atoms with van der Waals surface area (Å²) in [5.74, 6) is -0.204. The van der Waals surface area contributed by atoms with Crippen molar-refractivity contribution in [2.24, 2.45) is 5.73 Å². The van der Waals surface area contributed by atoms with Crippen molar-refractivity contribution in [3.63, 3.8) is 0 Å². The number of nitrogens with two attached hydrogens (primary N) is 1. The van der Waals surface area contributed by atoms with Crippen molar-refractivity contribution in [1.29, 1.82) is 0 Å². The van der Waals surface area contributed by atoms with Crippen LogP contribution in [0.15, 0.2) is 24.3 Å². The van der Waals surface area contributed by atoms with Crippen LogP contribution in [0, 0.1) is 5.82 Å². The lowest BCUT2D eigenvalue weighted by molar-refractivity contribution is 0.404. The molecule has 2 rings (SSSR count). The predicted molar refractivity (Wildman–Crippen MR) is 60.3 cm³/mol. The lowest BCUT2D eigenvalue weighted by Crippen LogP contribution is -2.42. The van der Waals surface area contributed by atoms with E-state index in [0.29, 0.717) is 6.04 Å². The summed E-state index contributed by atoms with van der Waals surface area (Å²) in [6.07, 6.45) is 4.56. The number of halogens is 1. The second kappa shape index (κ2) is 4.62. The summed E-state index contributed by atoms with van der Waals surface area (Å²) in [7, 11) is 0. The second-order valence-electron chi connectivity index (χ2n) is 4.21. The minimum Gasteiger partial charge on any atom is -0.381 e. The molecule has 0 bridgehead atoms. The fourth-order valence-corrected chi connectivity index (χ4v) is 2.13. The van der Waals surface area contributed by atoms with Crippen LogP contribution in [-0.4, -0.2) is 12.1 Å². The van der Waals surface area contributed by atoms with E-state index >= 15 is 0 Å². The molecule has 2 unspecified atom stereocenters. The fourth-order valence-electron chi connectivity index (χ4n) is 2.13. The molecule has 1 aromatic carbocycles. The Morgan fingerprint density at radius 2 is 2.07 bits per heavy atom. The molecule has 1 saturated carbocycles. The molecule has 1 aliphatic rings. The van der Waals surface area contributed by atoms with Crippen molar-refractivity contribution < 1.29 is 4.39 Å². The average molecular weight is 208 g/mol. The van der Waals surface area contributed by atoms with Crippen LogP contribution in [0.1, 0.15) is 25.7 Å². The highest BCUT2D eigenvalue weighted by molar-refractivity contribution is 5.44. The van der Waals surface area contributed by atoms with E-state index in [1.807, 2.05) is 6.07 Å². The van der Waals surface area contributed by atoms with Crippen molar-refractivity contribution in [2.45, 2.75) is 37.8 Å². The van der Waals surface area contributed by atoms with E-state index < -0.39 is 0 Å². The highest BCUT2D eigenvalue weighted by atomic mass is 19.1. The lowest BCUT2D eigenvalue weighted by atomic mass is 9.91. The summed E-state index contributed by atoms with van der Waals surface area (Å²) < 4.78 is 12.9. The van der Waals surface area contributed by atoms with Gasteiger partial charge in [0.1, 0.15) is 5.82 Å². The molecular formula is C12H17FN2. The van der Waals surface area contributed by atoms with Crippen LogP contribution in [0.4, 0.5) is 10.1 Å². The smallest absolute Gasteiger partial charge is 0.125 e. The van der Waals surface area contributed by atoms with E-state index in [0.717, 1.165) is 18.5 Å². The highest BCUT2D eigenvalue weighted by Crippen LogP contribution is 2.21. The van der Waals surface area contributed by atoms with E-state index in [-0.39, 0.29) is 11.9 Å². The third-order valence-corrected chi connectivity index (χ3v) is 3.00. The summed E-state index contributed by atoms with van der Waals surface area (Å²) in [6, 6.07) is 7.05. The molecule has 3 heteroatoms. The quantitative estimate of drug-likeness (QED) is 0.783. The van der Waals surface area contributed by atoms with Crippen molar-refractivity contribution in [1.82, 2.24) is 0 Å². The zero-order chi connectivity index (χ0) is 10.7. The number of hydrogen-bond acceptors (Lipinski definition) is 2. The Labute approximate surface area is 89.7 Å². The van der Waals surface area contributed by atoms with Gasteiger partial charge in [-0.3, -0.25) is 0 Å². The Morgan fingerprint density at radius 1 is 1.27 bits per heavy atom. The molecule has 0 aromatic heterocycles. The minimum absolute atomic E-state index is 0.196. The van der Waals surface area contributed by atoms with E-state index in [1.165, 1.54) is 25.0 Å². The maximum absolute atomic E-state index is 12.9. The van der Waals surface area contributed by atoms with Gasteiger partial charge in [0, 0.05) is 17.8 Å². The average Bonchev–Trinajstić information content (AvgIpc) is 2.22. The Hall–Kier alpha value is -1.09. The van der Waals surface area contributed by atoms with Crippen LogP contribution in [0.2, 0.25) is 0 Å². The van der Waals surface area contributed by atoms with Crippen LogP contribution >= 0.6 is 0 Å². The van der Waals surface area contributed by atoms with Gasteiger partial charge >= 0.3 is 0 Å². The predicted octanol–water partition coefficient (Wildman–Crippen LogP) is 2.51. The van der Waals surface area contributed by atoms with Gasteiger partial charge in [0.25, 0.3) is 0 Å². The fraction of sp³-hybridized carbons (Fsp3) is 0.500. The zero-order valence-corrected chi connectivity index (χ0v) is 8.75. The maximum Gasteiger partial charge on any atom is 0.125 e. The molecule has 1 fully saturated rings. The lowest BCUT2D eigenvalue weighted by Gasteiger charge is -2.30. The molecule has 0 amide bonds. The van der Waals surface area contributed by atoms with Crippen LogP contribution in [0.25, 0.3) is 0 Å². The molecule has 1 aromatic rings. The molecule has 0 radical (unpaired) electrons. The van der Waals surface area contributed by atoms with Gasteiger partial charge in [-0.15, -0.1) is 0 Å². The first-order chi connectivity index (χ1) is 7.25. The first-order valence-electron chi connectivity index (χ1n) is 5.53. The molecule has 0 heterocycles. The standard InChI is InChI=1S/C12H17FN2/c13-9-4-3-5-10(8-9)15-12-7-2-1-6-11(12)14/h3-5,8,11-12,15H,1-2,6-7,14H2. The molecule has 82 valence electrons. The van der Waals surface area contributed by atoms with E-state index in [9.17, 15) is 4.39 Å². The van der Waals surface area contributed by atoms with Crippen molar-refractivity contribution in [3.8, 4) is 0 Å². The SMILES string of the molecule is NC1CCCCC1Nc1cccc(F)c1. The van der Waals surface area contributed by atoms with Crippen LogP contribution in [0.3, 0.4) is 0 Å². The van der Waals surface area contributed by atoms with Gasteiger partial charge in [-0.1, -0.05) is 18.9 Å². The summed E-state index contributed by atoms with van der Waals surface area (Å²) in [6.45, 7) is 0. The molecule has 3 N–H and O–H groups in total. The van der Waals surface area contributed by atoms with Crippen molar-refractivity contribution in [3.05, 3.63) is 30.1 Å². The van der Waals surface area contributed by atoms with E-state index in [1.54, 1.807) is 6.07 Å². The first kappa shape index (κ1) is 10.4. The molecule has 15 heavy (non-hydrogen) atoms. The molecule has 0 saturated heterocycles. The summed E-state index contributed by atoms with van der Waals surface area (Å²) in [4.78, 5) is 0. The van der Waals surface area contributed by atoms with E-state index in [2.05, 4.69) is 5.32 Å². The van der Waals surface area contributed by atoms with Crippen molar-refractivity contribution >= 4 is 5.69 Å². The van der Waals surface area contributed by atoms with Gasteiger partial charge in [-0.2, -0.15) is 0 Å². The number of nitrogens with one attached hydrogen (secondary N) is 1. The van der Waals surface area contributed by atoms with Gasteiger partial charge in [0.2, 0.25) is 0 Å². The highest BCUT2D eigenvalue weighted by Gasteiger charge is 2.21. The Morgan fingerprint density at radius 3 is 2.80 bits per heavy atom. The Bertz CT molecular complexity index is 327. The monoisotopic (exact) mass is 208 g/mol. The van der Waals surface area contributed by atoms with Gasteiger partial charge in [0.05, 0.1) is 0 Å². The van der Waals surface area contributed by atoms with Gasteiger partial charge in [0.15, 0.2) is 0 Å². The van der Waals surface area contributed by atoms with Crippen molar-refractivity contribution in [2.75, 3.05) is 5.32 Å². The maximum atomic E-state index is 12.9. The molecule has 1 aliphatic carbocycles. The molecule has 0 aliphatic heterocycles. The topological polar surface area (TPSA) is 38.0 Å². The Kier molecular flexibility index (Phi) is 3.21. The number of rotatable bonds is 2. The number of benzene rings is 1. The summed E-state index contributed by atoms with van der Waals surface area (Å²) >= 11 is 0. The second-order valence-corrected chi connectivity index (χ2v) is 4.21. The van der Waals surface area contributed by atoms with Crippen LogP contribution in [0.5, 0.6) is 0 Å². The third-order valence-electron chi connectivity index (χ3n) is 3.00. The number of hydrogen-bond donors (Lipinski definition) is 2. The largest absolute Gasteiger partial charge is 0.381 e. The van der Waals surface area contributed by atoms with Gasteiger partial charge in [-0.05, 0) is 31.0 Å². The molecule has 0 spiro atoms. The Balaban J connectivity index is 2.01. The van der Waals surface area contributed by atoms with Gasteiger partial charge in [-0.25, -0.2) is 4.39 Å². The third kappa shape index (κ3) is 2.69. The minimum atomic E-state index is -0.204. The zero-order valence-electron chi connectivity index (χ0n) is 8.75. The van der Waals surface area contributed by atoms with Crippen LogP contribution in [-0.2, 0) is 0 Å². The first-order valence-corrected chi connectivity index (χ1v) is 5.53. The molecular weight excluding hydrogens is 191 g/mol. The van der Waals surface area contributed by atoms with Crippen LogP contribution < -0.4 is 11.1 Å². The van der Waals surface area contributed by atoms with E-state index in [4.69, 9.17) is 5.73 Å². The normalized spacial score (nSPS) is 26.3. The molecule has 2 nitrogen and oxygen atoms in total. The number of anilines is 1. The summed E-state index contributed by atoms with van der Waals surface area (Å²) in [5, 5.41) is 3.31. The summed E-state index contributed by atoms with van der Waals surface area (Å²) in [5.41, 5.74) is 6.84. The molecule has 2 atom stereocenters.